The molecular formula is C11H9ClF2N2O2. The van der Waals surface area contributed by atoms with Gasteiger partial charge in [-0.1, -0.05) is 0 Å². The Kier molecular flexibility index (Phi) is 4.98. The summed E-state index contributed by atoms with van der Waals surface area (Å²) >= 11 is 5.53. The molecule has 1 aromatic rings. The van der Waals surface area contributed by atoms with E-state index in [4.69, 9.17) is 21.6 Å². The molecule has 0 saturated carbocycles. The van der Waals surface area contributed by atoms with Crippen LogP contribution < -0.4 is 0 Å². The molecule has 0 N–H and O–H groups in total. The van der Waals surface area contributed by atoms with E-state index < -0.39 is 18.1 Å². The SMILES string of the molecule is CCOC(=O)c1cc(C(F)F)nc(CCl)c1C#N. The number of hydrogen-bond acceptors (Lipinski definition) is 4. The number of halogens is 3. The largest absolute Gasteiger partial charge is 0.462 e. The minimum absolute atomic E-state index is 0.0555. The number of nitriles is 1. The molecule has 0 aliphatic rings. The average molecular weight is 275 g/mol. The van der Waals surface area contributed by atoms with Crippen LogP contribution in [0.1, 0.15) is 40.7 Å². The van der Waals surface area contributed by atoms with E-state index in [9.17, 15) is 13.6 Å². The molecule has 96 valence electrons. The normalized spacial score (nSPS) is 10.2. The Labute approximate surface area is 107 Å². The van der Waals surface area contributed by atoms with Crippen molar-refractivity contribution in [1.82, 2.24) is 4.98 Å². The molecule has 18 heavy (non-hydrogen) atoms. The summed E-state index contributed by atoms with van der Waals surface area (Å²) in [4.78, 5) is 15.1. The number of esters is 1. The van der Waals surface area contributed by atoms with Crippen LogP contribution in [0.2, 0.25) is 0 Å². The molecule has 1 aromatic heterocycles. The lowest BCUT2D eigenvalue weighted by molar-refractivity contribution is 0.0525. The molecule has 0 aromatic carbocycles. The van der Waals surface area contributed by atoms with Gasteiger partial charge in [-0.25, -0.2) is 18.6 Å². The summed E-state index contributed by atoms with van der Waals surface area (Å²) in [7, 11) is 0. The van der Waals surface area contributed by atoms with E-state index in [1.165, 1.54) is 0 Å². The lowest BCUT2D eigenvalue weighted by Crippen LogP contribution is -2.11. The standard InChI is InChI=1S/C11H9ClF2N2O2/c1-2-18-11(17)6-3-8(10(13)14)16-9(4-12)7(6)5-15/h3,10H,2,4H2,1H3. The lowest BCUT2D eigenvalue weighted by Gasteiger charge is -2.09. The van der Waals surface area contributed by atoms with Gasteiger partial charge in [0.1, 0.15) is 11.8 Å². The van der Waals surface area contributed by atoms with E-state index in [1.54, 1.807) is 13.0 Å². The molecule has 0 bridgehead atoms. The second kappa shape index (κ2) is 6.26. The van der Waals surface area contributed by atoms with Gasteiger partial charge in [-0.15, -0.1) is 11.6 Å². The van der Waals surface area contributed by atoms with E-state index >= 15 is 0 Å². The first kappa shape index (κ1) is 14.3. The highest BCUT2D eigenvalue weighted by molar-refractivity contribution is 6.17. The number of carbonyl (C=O) groups is 1. The number of pyridine rings is 1. The predicted octanol–water partition coefficient (Wildman–Crippen LogP) is 2.81. The fourth-order valence-electron chi connectivity index (χ4n) is 1.32. The Morgan fingerprint density at radius 1 is 1.67 bits per heavy atom. The Balaban J connectivity index is 3.41. The zero-order valence-corrected chi connectivity index (χ0v) is 10.2. The summed E-state index contributed by atoms with van der Waals surface area (Å²) in [5.74, 6) is -1.08. The summed E-state index contributed by atoms with van der Waals surface area (Å²) in [6.45, 7) is 1.65. The van der Waals surface area contributed by atoms with Gasteiger partial charge in [0.15, 0.2) is 0 Å². The van der Waals surface area contributed by atoms with Crippen LogP contribution in [0.25, 0.3) is 0 Å². The van der Waals surface area contributed by atoms with Crippen LogP contribution in [-0.4, -0.2) is 17.6 Å². The first-order valence-corrected chi connectivity index (χ1v) is 5.53. The Hall–Kier alpha value is -1.74. The third kappa shape index (κ3) is 2.93. The van der Waals surface area contributed by atoms with Gasteiger partial charge >= 0.3 is 5.97 Å². The highest BCUT2D eigenvalue weighted by Gasteiger charge is 2.21. The predicted molar refractivity (Wildman–Crippen MR) is 59.4 cm³/mol. The molecule has 0 aliphatic heterocycles. The highest BCUT2D eigenvalue weighted by atomic mass is 35.5. The van der Waals surface area contributed by atoms with Gasteiger partial charge in [0.25, 0.3) is 6.43 Å². The zero-order valence-electron chi connectivity index (χ0n) is 9.41. The summed E-state index contributed by atoms with van der Waals surface area (Å²) < 4.78 is 29.9. The maximum Gasteiger partial charge on any atom is 0.339 e. The molecule has 4 nitrogen and oxygen atoms in total. The zero-order chi connectivity index (χ0) is 13.7. The Morgan fingerprint density at radius 2 is 2.33 bits per heavy atom. The van der Waals surface area contributed by atoms with Crippen molar-refractivity contribution in [2.45, 2.75) is 19.2 Å². The van der Waals surface area contributed by atoms with E-state index in [0.29, 0.717) is 0 Å². The lowest BCUT2D eigenvalue weighted by atomic mass is 10.1. The van der Waals surface area contributed by atoms with Crippen LogP contribution in [0.15, 0.2) is 6.07 Å². The van der Waals surface area contributed by atoms with Crippen LogP contribution in [0.5, 0.6) is 0 Å². The third-order valence-corrected chi connectivity index (χ3v) is 2.32. The number of hydrogen-bond donors (Lipinski definition) is 0. The molecule has 0 unspecified atom stereocenters. The maximum absolute atomic E-state index is 12.6. The van der Waals surface area contributed by atoms with Crippen molar-refractivity contribution in [3.63, 3.8) is 0 Å². The van der Waals surface area contributed by atoms with Crippen LogP contribution >= 0.6 is 11.6 Å². The topological polar surface area (TPSA) is 63.0 Å². The summed E-state index contributed by atoms with van der Waals surface area (Å²) in [6, 6.07) is 2.59. The van der Waals surface area contributed by atoms with Gasteiger partial charge in [0, 0.05) is 0 Å². The van der Waals surface area contributed by atoms with Crippen LogP contribution in [0, 0.1) is 11.3 Å². The second-order valence-electron chi connectivity index (χ2n) is 3.18. The van der Waals surface area contributed by atoms with E-state index in [-0.39, 0.29) is 29.3 Å². The Morgan fingerprint density at radius 3 is 2.78 bits per heavy atom. The van der Waals surface area contributed by atoms with Crippen LogP contribution in [0.4, 0.5) is 8.78 Å². The average Bonchev–Trinajstić information content (AvgIpc) is 2.37. The molecule has 0 fully saturated rings. The molecule has 1 rings (SSSR count). The van der Waals surface area contributed by atoms with Crippen molar-refractivity contribution in [3.8, 4) is 6.07 Å². The monoisotopic (exact) mass is 274 g/mol. The van der Waals surface area contributed by atoms with Gasteiger partial charge in [-0.2, -0.15) is 5.26 Å². The van der Waals surface area contributed by atoms with Crippen molar-refractivity contribution in [2.75, 3.05) is 6.61 Å². The molecule has 0 aliphatic carbocycles. The van der Waals surface area contributed by atoms with Crippen molar-refractivity contribution in [3.05, 3.63) is 28.6 Å². The van der Waals surface area contributed by atoms with Gasteiger partial charge in [-0.05, 0) is 13.0 Å². The quantitative estimate of drug-likeness (QED) is 0.625. The maximum atomic E-state index is 12.6. The first-order chi connectivity index (χ1) is 8.54. The van der Waals surface area contributed by atoms with E-state index in [2.05, 4.69) is 4.98 Å². The third-order valence-electron chi connectivity index (χ3n) is 2.07. The Bertz CT molecular complexity index is 501. The van der Waals surface area contributed by atoms with Crippen molar-refractivity contribution in [2.24, 2.45) is 0 Å². The molecular weight excluding hydrogens is 266 g/mol. The van der Waals surface area contributed by atoms with Gasteiger partial charge in [0.2, 0.25) is 0 Å². The smallest absolute Gasteiger partial charge is 0.339 e. The van der Waals surface area contributed by atoms with E-state index in [1.807, 2.05) is 0 Å². The second-order valence-corrected chi connectivity index (χ2v) is 3.45. The fourth-order valence-corrected chi connectivity index (χ4v) is 1.52. The molecule has 7 heteroatoms. The molecule has 0 radical (unpaired) electrons. The molecule has 0 amide bonds. The summed E-state index contributed by atoms with van der Waals surface area (Å²) in [5, 5.41) is 8.93. The van der Waals surface area contributed by atoms with Gasteiger partial charge in [0.05, 0.1) is 29.3 Å². The number of nitrogens with zero attached hydrogens (tertiary/aromatic N) is 2. The molecule has 0 atom stereocenters. The number of ether oxygens (including phenoxy) is 1. The summed E-state index contributed by atoms with van der Waals surface area (Å²) in [6.07, 6.45) is -2.85. The van der Waals surface area contributed by atoms with Crippen molar-refractivity contribution in [1.29, 1.82) is 5.26 Å². The number of alkyl halides is 3. The van der Waals surface area contributed by atoms with Crippen LogP contribution in [0.3, 0.4) is 0 Å². The number of carbonyl (C=O) groups excluding carboxylic acids is 1. The van der Waals surface area contributed by atoms with Gasteiger partial charge in [-0.3, -0.25) is 0 Å². The summed E-state index contributed by atoms with van der Waals surface area (Å²) in [5.41, 5.74) is -1.03. The first-order valence-electron chi connectivity index (χ1n) is 5.00. The minimum atomic E-state index is -2.85. The van der Waals surface area contributed by atoms with Crippen molar-refractivity contribution < 1.29 is 18.3 Å². The fraction of sp³-hybridized carbons (Fsp3) is 0.364. The van der Waals surface area contributed by atoms with E-state index in [0.717, 1.165) is 6.07 Å². The van der Waals surface area contributed by atoms with Crippen LogP contribution in [-0.2, 0) is 10.6 Å². The molecule has 0 spiro atoms. The van der Waals surface area contributed by atoms with Gasteiger partial charge < -0.3 is 4.74 Å². The molecule has 0 saturated heterocycles. The minimum Gasteiger partial charge on any atom is -0.462 e. The number of rotatable bonds is 4. The number of aromatic nitrogens is 1. The van der Waals surface area contributed by atoms with Crippen molar-refractivity contribution >= 4 is 17.6 Å². The molecule has 1 heterocycles. The highest BCUT2D eigenvalue weighted by Crippen LogP contribution is 2.23.